The number of nitrogens with zero attached hydrogens (tertiary/aromatic N) is 2. The lowest BCUT2D eigenvalue weighted by molar-refractivity contribution is -0.144. The number of nitrogens with one attached hydrogen (secondary N) is 15. The summed E-state index contributed by atoms with van der Waals surface area (Å²) in [6, 6.07) is -12.1. The van der Waals surface area contributed by atoms with Crippen molar-refractivity contribution in [3.8, 4) is 5.75 Å². The van der Waals surface area contributed by atoms with Crippen LogP contribution in [0.3, 0.4) is 0 Å². The molecule has 0 bridgehead atoms. The number of guanidine groups is 1. The molecule has 2 aliphatic rings. The topological polar surface area (TPSA) is 763 Å². The van der Waals surface area contributed by atoms with Gasteiger partial charge in [-0.3, -0.25) is 96.5 Å². The van der Waals surface area contributed by atoms with Crippen LogP contribution in [0.4, 0.5) is 0 Å². The molecule has 16 atom stereocenters. The Morgan fingerprint density at radius 2 is 0.872 bits per heavy atom. The number of carboxylic acid groups (broad SMARTS) is 3. The summed E-state index contributed by atoms with van der Waals surface area (Å²) >= 11 is 1.42. The molecule has 2 aromatic carbocycles. The average Bonchev–Trinajstić information content (AvgIpc) is 1.73. The van der Waals surface area contributed by atoms with E-state index >= 15 is 0 Å². The van der Waals surface area contributed by atoms with Crippen molar-refractivity contribution in [2.45, 2.75) is 208 Å². The molecule has 125 heavy (non-hydrogen) atoms. The van der Waals surface area contributed by atoms with E-state index in [-0.39, 0.29) is 88.7 Å². The number of benzene rings is 2. The Morgan fingerprint density at radius 1 is 0.464 bits per heavy atom. The van der Waals surface area contributed by atoms with E-state index in [0.29, 0.717) is 11.3 Å². The van der Waals surface area contributed by atoms with E-state index in [0.717, 1.165) is 9.80 Å². The number of phenolic OH excluding ortho intramolecular Hbond substituents is 1. The highest BCUT2D eigenvalue weighted by Crippen LogP contribution is 2.23. The second-order valence-electron chi connectivity index (χ2n) is 30.1. The van der Waals surface area contributed by atoms with E-state index in [1.165, 1.54) is 56.8 Å². The molecule has 0 unspecified atom stereocenters. The number of carbonyl (C=O) groups is 19. The van der Waals surface area contributed by atoms with Crippen LogP contribution in [-0.2, 0) is 104 Å². The van der Waals surface area contributed by atoms with E-state index in [1.54, 1.807) is 43.5 Å². The fraction of sp³-hybridized carbons (Fsp3) is 0.584. The van der Waals surface area contributed by atoms with Crippen LogP contribution >= 0.6 is 11.8 Å². The van der Waals surface area contributed by atoms with E-state index in [4.69, 9.17) is 27.7 Å². The van der Waals surface area contributed by atoms with Crippen molar-refractivity contribution >= 4 is 130 Å². The van der Waals surface area contributed by atoms with Crippen molar-refractivity contribution in [1.29, 1.82) is 5.41 Å². The number of amides is 16. The molecule has 0 saturated carbocycles. The molecule has 2 aromatic rings. The minimum absolute atomic E-state index is 0.00589. The van der Waals surface area contributed by atoms with Gasteiger partial charge in [0, 0.05) is 38.9 Å². The third kappa shape index (κ3) is 34.7. The van der Waals surface area contributed by atoms with Crippen molar-refractivity contribution in [2.24, 2.45) is 29.0 Å². The number of hydrogen-bond acceptors (Lipinski definition) is 27. The van der Waals surface area contributed by atoms with Gasteiger partial charge in [-0.05, 0) is 98.5 Å². The monoisotopic (exact) mass is 1780 g/mol. The highest BCUT2D eigenvalue weighted by molar-refractivity contribution is 7.98. The molecule has 48 heteroatoms. The molecular formula is C77H116N20O27S. The second-order valence-corrected chi connectivity index (χ2v) is 31.1. The molecule has 29 N–H and O–H groups in total. The van der Waals surface area contributed by atoms with Gasteiger partial charge in [-0.25, -0.2) is 0 Å². The Hall–Kier alpha value is -12.4. The molecule has 2 heterocycles. The first kappa shape index (κ1) is 105. The van der Waals surface area contributed by atoms with Crippen LogP contribution in [0.5, 0.6) is 5.75 Å². The third-order valence-corrected chi connectivity index (χ3v) is 20.8. The van der Waals surface area contributed by atoms with Gasteiger partial charge in [0.05, 0.1) is 45.3 Å². The number of carboxylic acids is 3. The van der Waals surface area contributed by atoms with Crippen molar-refractivity contribution in [1.82, 2.24) is 84.2 Å². The summed E-state index contributed by atoms with van der Waals surface area (Å²) < 4.78 is 0. The first-order valence-corrected chi connectivity index (χ1v) is 41.6. The number of nitrogens with two attached hydrogens (primary N) is 3. The van der Waals surface area contributed by atoms with Gasteiger partial charge in [0.1, 0.15) is 96.9 Å². The number of carbonyl (C=O) groups excluding carboxylic acids is 16. The molecule has 0 spiro atoms. The number of primary amides is 1. The molecule has 0 radical (unpaired) electrons. The largest absolute Gasteiger partial charge is 0.508 e. The average molecular weight is 1790 g/mol. The smallest absolute Gasteiger partial charge is 0.322 e. The van der Waals surface area contributed by atoms with Gasteiger partial charge in [-0.2, -0.15) is 11.8 Å². The quantitative estimate of drug-likeness (QED) is 0.0166. The number of aromatic hydroxyl groups is 1. The highest BCUT2D eigenvalue weighted by atomic mass is 32.2. The Morgan fingerprint density at radius 3 is 1.34 bits per heavy atom. The van der Waals surface area contributed by atoms with Crippen LogP contribution in [0.25, 0.3) is 0 Å². The lowest BCUT2D eigenvalue weighted by Crippen LogP contribution is -2.62. The number of phenols is 1. The zero-order valence-corrected chi connectivity index (χ0v) is 70.5. The van der Waals surface area contributed by atoms with Crippen molar-refractivity contribution in [3.63, 3.8) is 0 Å². The molecule has 2 saturated heterocycles. The Labute approximate surface area is 722 Å². The van der Waals surface area contributed by atoms with Gasteiger partial charge in [0.15, 0.2) is 5.96 Å². The summed E-state index contributed by atoms with van der Waals surface area (Å²) in [4.78, 5) is 260. The Bertz CT molecular complexity index is 4120. The summed E-state index contributed by atoms with van der Waals surface area (Å²) in [5.41, 5.74) is 17.5. The maximum atomic E-state index is 14.8. The second kappa shape index (κ2) is 52.9. The standard InChI is InChI=1S/C77H116N20O27S/c1-6-39(4)61(95-68(116)49(32-58(106)107)88-69(117)50(34-98)90-67(115)48(31-57(104)105)89-73(121)60(38(2)3)94-72(120)55-17-12-27-97(55)75(123)52(36-100)92-62(110)43(78)24-28-125-5)74(122)85-44(15-10-25-82-77(80)81)64(112)86-47(30-41-18-20-42(102)21-19-41)66(114)93-53(37-101)76(124)96-26-11-16-54(96)71(119)91-51(35-99)70(118)87-46(29-40-13-8-7-9-14-40)65(113)84-45(22-23-56(79)103)63(111)83-33-59(108)109/h7-9,13-14,18-21,38-39,43-55,60-61,98-102H,6,10-12,15-17,22-37,78H2,1-5H3,(H2,79,103)(H,83,111)(H,84,113)(H,85,122)(H,86,112)(H,87,118)(H,88,117)(H,89,121)(H,90,115)(H,91,119)(H,92,110)(H,93,114)(H,94,120)(H,95,116)(H,104,105)(H,106,107)(H,108,109)(H4,80,81,82)/t39-,43-,44-,45-,46-,47-,48-,49-,50-,51-,52-,53-,54-,55-,60-,61-/m0/s1. The predicted molar refractivity (Wildman–Crippen MR) is 441 cm³/mol. The van der Waals surface area contributed by atoms with E-state index in [2.05, 4.69) is 69.1 Å². The van der Waals surface area contributed by atoms with Crippen LogP contribution in [0.2, 0.25) is 0 Å². The minimum atomic E-state index is -2.17. The van der Waals surface area contributed by atoms with E-state index < -0.39 is 286 Å². The summed E-state index contributed by atoms with van der Waals surface area (Å²) in [7, 11) is 0. The fourth-order valence-corrected chi connectivity index (χ4v) is 13.6. The summed E-state index contributed by atoms with van der Waals surface area (Å²) in [5.74, 6) is -24.4. The highest BCUT2D eigenvalue weighted by Gasteiger charge is 2.44. The van der Waals surface area contributed by atoms with Gasteiger partial charge >= 0.3 is 17.9 Å². The van der Waals surface area contributed by atoms with Gasteiger partial charge in [0.25, 0.3) is 0 Å². The third-order valence-electron chi connectivity index (χ3n) is 20.2. The first-order chi connectivity index (χ1) is 59.1. The maximum Gasteiger partial charge on any atom is 0.322 e. The normalized spacial score (nSPS) is 16.9. The van der Waals surface area contributed by atoms with Gasteiger partial charge in [-0.1, -0.05) is 76.6 Å². The first-order valence-electron chi connectivity index (χ1n) is 40.2. The lowest BCUT2D eigenvalue weighted by atomic mass is 9.96. The molecular weight excluding hydrogens is 1670 g/mol. The molecule has 692 valence electrons. The number of thioether (sulfide) groups is 1. The number of rotatable bonds is 54. The maximum absolute atomic E-state index is 14.8. The van der Waals surface area contributed by atoms with Gasteiger partial charge in [-0.15, -0.1) is 0 Å². The fourth-order valence-electron chi connectivity index (χ4n) is 13.1. The van der Waals surface area contributed by atoms with Crippen molar-refractivity contribution < 1.29 is 132 Å². The number of aliphatic hydroxyl groups is 4. The zero-order chi connectivity index (χ0) is 93.5. The Balaban J connectivity index is 1.56. The van der Waals surface area contributed by atoms with E-state index in [9.17, 15) is 127 Å². The van der Waals surface area contributed by atoms with Crippen molar-refractivity contribution in [3.05, 3.63) is 65.7 Å². The number of hydrogen-bond donors (Lipinski definition) is 26. The summed E-state index contributed by atoms with van der Waals surface area (Å²) in [6.07, 6.45) is -1.98. The molecule has 47 nitrogen and oxygen atoms in total. The number of likely N-dealkylation sites (tertiary alicyclic amines) is 2. The molecule has 2 fully saturated rings. The predicted octanol–water partition coefficient (Wildman–Crippen LogP) is -9.59. The molecule has 0 aromatic heterocycles. The van der Waals surface area contributed by atoms with Gasteiger partial charge < -0.3 is 142 Å². The summed E-state index contributed by atoms with van der Waals surface area (Å²) in [5, 5.41) is 122. The van der Waals surface area contributed by atoms with Crippen LogP contribution in [0, 0.1) is 17.2 Å². The molecule has 4 rings (SSSR count). The van der Waals surface area contributed by atoms with Crippen LogP contribution in [0.15, 0.2) is 54.6 Å². The number of aliphatic hydroxyl groups excluding tert-OH is 4. The SMILES string of the molecule is CC[C@H](C)[C@H](NC(=O)[C@H](CC(=O)O)NC(=O)[C@H](CO)NC(=O)[C@H](CC(=O)O)NC(=O)[C@@H](NC(=O)[C@@H]1CCCN1C(=O)[C@H](CO)NC(=O)[C@@H](N)CCSC)C(C)C)C(=O)N[C@@H](CCCNC(=N)N)C(=O)N[C@@H](Cc1ccc(O)cc1)C(=O)N[C@@H](CO)C(=O)N1CCC[C@H]1C(=O)N[C@@H](CO)C(=O)N[C@@H](Cc1ccccc1)C(=O)N[C@@H](CCC(N)=O)C(=O)NCC(=O)O. The number of aliphatic carboxylic acids is 3. The molecule has 0 aliphatic carbocycles. The van der Waals surface area contributed by atoms with Gasteiger partial charge in [0.2, 0.25) is 94.5 Å². The van der Waals surface area contributed by atoms with E-state index in [1.807, 2.05) is 5.32 Å². The van der Waals surface area contributed by atoms with Crippen molar-refractivity contribution in [2.75, 3.05) is 64.6 Å². The Kier molecular flexibility index (Phi) is 44.4. The van der Waals surface area contributed by atoms with Crippen LogP contribution in [0.1, 0.15) is 116 Å². The summed E-state index contributed by atoms with van der Waals surface area (Å²) in [6.45, 7) is 0.301. The molecule has 16 amide bonds. The van der Waals surface area contributed by atoms with Crippen LogP contribution < -0.4 is 91.6 Å². The zero-order valence-electron chi connectivity index (χ0n) is 69.6. The molecule has 2 aliphatic heterocycles. The van der Waals surface area contributed by atoms with Crippen LogP contribution in [-0.4, -0.2) is 324 Å². The lowest BCUT2D eigenvalue weighted by Gasteiger charge is -2.31. The minimum Gasteiger partial charge on any atom is -0.508 e.